The molecule has 1 aliphatic heterocycles. The molecule has 0 saturated carbocycles. The molecule has 2 aromatic rings. The number of nitrogens with zero attached hydrogens (tertiary/aromatic N) is 4. The molecular formula is C13H16N4O2. The molecule has 1 atom stereocenters. The van der Waals surface area contributed by atoms with Crippen LogP contribution in [-0.2, 0) is 11.3 Å². The summed E-state index contributed by atoms with van der Waals surface area (Å²) in [6, 6.07) is 2.00. The minimum atomic E-state index is -0.728. The number of hydrogen-bond acceptors (Lipinski definition) is 4. The molecule has 0 spiro atoms. The van der Waals surface area contributed by atoms with Crippen molar-refractivity contribution in [3.05, 3.63) is 30.4 Å². The van der Waals surface area contributed by atoms with Gasteiger partial charge >= 0.3 is 5.97 Å². The molecule has 1 aliphatic rings. The van der Waals surface area contributed by atoms with Gasteiger partial charge in [0.05, 0.1) is 12.1 Å². The van der Waals surface area contributed by atoms with E-state index in [1.807, 2.05) is 22.9 Å². The Labute approximate surface area is 110 Å². The molecule has 2 aromatic heterocycles. The van der Waals surface area contributed by atoms with E-state index in [0.29, 0.717) is 12.3 Å². The highest BCUT2D eigenvalue weighted by atomic mass is 16.4. The molecule has 3 heterocycles. The highest BCUT2D eigenvalue weighted by molar-refractivity contribution is 5.67. The van der Waals surface area contributed by atoms with Gasteiger partial charge < -0.3 is 5.11 Å². The van der Waals surface area contributed by atoms with E-state index in [0.717, 1.165) is 25.1 Å². The van der Waals surface area contributed by atoms with Gasteiger partial charge in [-0.25, -0.2) is 9.97 Å². The molecule has 1 saturated heterocycles. The van der Waals surface area contributed by atoms with E-state index in [2.05, 4.69) is 14.9 Å². The summed E-state index contributed by atoms with van der Waals surface area (Å²) >= 11 is 0. The van der Waals surface area contributed by atoms with Gasteiger partial charge in [-0.05, 0) is 25.5 Å². The topological polar surface area (TPSA) is 70.7 Å². The van der Waals surface area contributed by atoms with Gasteiger partial charge in [0, 0.05) is 31.2 Å². The second-order valence-electron chi connectivity index (χ2n) is 4.92. The third kappa shape index (κ3) is 2.58. The first-order valence-electron chi connectivity index (χ1n) is 6.47. The van der Waals surface area contributed by atoms with Crippen LogP contribution in [0.25, 0.3) is 5.78 Å². The summed E-state index contributed by atoms with van der Waals surface area (Å²) in [4.78, 5) is 21.7. The number of imidazole rings is 1. The van der Waals surface area contributed by atoms with E-state index >= 15 is 0 Å². The Balaban J connectivity index is 1.74. The first kappa shape index (κ1) is 12.1. The van der Waals surface area contributed by atoms with Crippen molar-refractivity contribution in [2.45, 2.75) is 31.8 Å². The Morgan fingerprint density at radius 2 is 2.42 bits per heavy atom. The van der Waals surface area contributed by atoms with Crippen molar-refractivity contribution in [1.29, 1.82) is 0 Å². The monoisotopic (exact) mass is 260 g/mol. The zero-order chi connectivity index (χ0) is 13.2. The average molecular weight is 260 g/mol. The third-order valence-electron chi connectivity index (χ3n) is 3.56. The van der Waals surface area contributed by atoms with Gasteiger partial charge in [0.15, 0.2) is 0 Å². The van der Waals surface area contributed by atoms with Crippen LogP contribution in [0, 0.1) is 0 Å². The Hall–Kier alpha value is -1.95. The zero-order valence-corrected chi connectivity index (χ0v) is 10.6. The van der Waals surface area contributed by atoms with Crippen LogP contribution in [0.5, 0.6) is 0 Å². The largest absolute Gasteiger partial charge is 0.481 e. The number of carboxylic acid groups (broad SMARTS) is 1. The number of likely N-dealkylation sites (tertiary alicyclic amines) is 1. The normalized spacial score (nSPS) is 20.1. The van der Waals surface area contributed by atoms with E-state index in [1.54, 1.807) is 6.20 Å². The number of fused-ring (bicyclic) bond motifs is 1. The first-order chi connectivity index (χ1) is 9.22. The van der Waals surface area contributed by atoms with Gasteiger partial charge in [-0.15, -0.1) is 0 Å². The molecule has 0 radical (unpaired) electrons. The van der Waals surface area contributed by atoms with Crippen LogP contribution in [0.15, 0.2) is 24.7 Å². The van der Waals surface area contributed by atoms with Crippen LogP contribution < -0.4 is 0 Å². The SMILES string of the molecule is O=C(O)CC1CCCN1Cc1cn2cccnc2n1. The van der Waals surface area contributed by atoms with Crippen LogP contribution in [0.1, 0.15) is 25.0 Å². The maximum Gasteiger partial charge on any atom is 0.304 e. The fraction of sp³-hybridized carbons (Fsp3) is 0.462. The summed E-state index contributed by atoms with van der Waals surface area (Å²) in [5, 5.41) is 8.92. The summed E-state index contributed by atoms with van der Waals surface area (Å²) < 4.78 is 1.89. The maximum absolute atomic E-state index is 10.8. The lowest BCUT2D eigenvalue weighted by atomic mass is 10.1. The van der Waals surface area contributed by atoms with E-state index < -0.39 is 5.97 Å². The van der Waals surface area contributed by atoms with Crippen molar-refractivity contribution in [2.75, 3.05) is 6.54 Å². The molecule has 1 N–H and O–H groups in total. The van der Waals surface area contributed by atoms with Gasteiger partial charge in [-0.3, -0.25) is 14.1 Å². The number of aliphatic carboxylic acids is 1. The Morgan fingerprint density at radius 3 is 3.21 bits per heavy atom. The molecule has 1 unspecified atom stereocenters. The van der Waals surface area contributed by atoms with Crippen molar-refractivity contribution in [1.82, 2.24) is 19.3 Å². The van der Waals surface area contributed by atoms with Gasteiger partial charge in [-0.1, -0.05) is 0 Å². The molecule has 0 aliphatic carbocycles. The lowest BCUT2D eigenvalue weighted by molar-refractivity contribution is -0.138. The second-order valence-corrected chi connectivity index (χ2v) is 4.92. The molecule has 3 rings (SSSR count). The average Bonchev–Trinajstić information content (AvgIpc) is 2.95. The molecule has 0 aromatic carbocycles. The molecule has 1 fully saturated rings. The minimum absolute atomic E-state index is 0.135. The molecule has 6 nitrogen and oxygen atoms in total. The Kier molecular flexibility index (Phi) is 3.16. The lowest BCUT2D eigenvalue weighted by Gasteiger charge is -2.21. The van der Waals surface area contributed by atoms with Crippen LogP contribution in [0.3, 0.4) is 0 Å². The van der Waals surface area contributed by atoms with E-state index in [4.69, 9.17) is 5.11 Å². The smallest absolute Gasteiger partial charge is 0.304 e. The van der Waals surface area contributed by atoms with Crippen molar-refractivity contribution in [3.8, 4) is 0 Å². The van der Waals surface area contributed by atoms with E-state index in [1.165, 1.54) is 0 Å². The summed E-state index contributed by atoms with van der Waals surface area (Å²) in [5.74, 6) is -0.0416. The highest BCUT2D eigenvalue weighted by Gasteiger charge is 2.27. The van der Waals surface area contributed by atoms with E-state index in [9.17, 15) is 4.79 Å². The number of rotatable bonds is 4. The van der Waals surface area contributed by atoms with Crippen molar-refractivity contribution < 1.29 is 9.90 Å². The molecule has 100 valence electrons. The lowest BCUT2D eigenvalue weighted by Crippen LogP contribution is -2.30. The van der Waals surface area contributed by atoms with Gasteiger partial charge in [0.2, 0.25) is 5.78 Å². The predicted octanol–water partition coefficient (Wildman–Crippen LogP) is 1.17. The quantitative estimate of drug-likeness (QED) is 0.893. The second kappa shape index (κ2) is 4.97. The van der Waals surface area contributed by atoms with Crippen LogP contribution in [0.2, 0.25) is 0 Å². The maximum atomic E-state index is 10.8. The summed E-state index contributed by atoms with van der Waals surface area (Å²) in [7, 11) is 0. The van der Waals surface area contributed by atoms with Crippen LogP contribution in [0.4, 0.5) is 0 Å². The molecule has 0 bridgehead atoms. The zero-order valence-electron chi connectivity index (χ0n) is 10.6. The van der Waals surface area contributed by atoms with Crippen molar-refractivity contribution >= 4 is 11.7 Å². The standard InChI is InChI=1S/C13H16N4O2/c18-12(19)7-11-3-1-5-16(11)8-10-9-17-6-2-4-14-13(17)15-10/h2,4,6,9,11H,1,3,5,7-8H2,(H,18,19). The molecule has 0 amide bonds. The van der Waals surface area contributed by atoms with Crippen LogP contribution >= 0.6 is 0 Å². The highest BCUT2D eigenvalue weighted by Crippen LogP contribution is 2.22. The fourth-order valence-corrected chi connectivity index (χ4v) is 2.70. The van der Waals surface area contributed by atoms with Gasteiger partial charge in [0.25, 0.3) is 0 Å². The fourth-order valence-electron chi connectivity index (χ4n) is 2.70. The van der Waals surface area contributed by atoms with Gasteiger partial charge in [-0.2, -0.15) is 0 Å². The summed E-state index contributed by atoms with van der Waals surface area (Å²) in [6.45, 7) is 1.64. The Morgan fingerprint density at radius 1 is 1.53 bits per heavy atom. The Bertz CT molecular complexity index is 562. The van der Waals surface area contributed by atoms with Crippen molar-refractivity contribution in [3.63, 3.8) is 0 Å². The van der Waals surface area contributed by atoms with Gasteiger partial charge in [0.1, 0.15) is 0 Å². The third-order valence-corrected chi connectivity index (χ3v) is 3.56. The molecule has 6 heteroatoms. The summed E-state index contributed by atoms with van der Waals surface area (Å²) in [6.07, 6.45) is 7.82. The first-order valence-corrected chi connectivity index (χ1v) is 6.47. The number of hydrogen-bond donors (Lipinski definition) is 1. The number of aromatic nitrogens is 3. The van der Waals surface area contributed by atoms with Crippen LogP contribution in [-0.4, -0.2) is 42.9 Å². The van der Waals surface area contributed by atoms with E-state index in [-0.39, 0.29) is 12.5 Å². The predicted molar refractivity (Wildman–Crippen MR) is 68.7 cm³/mol. The molecular weight excluding hydrogens is 244 g/mol. The number of carboxylic acids is 1. The number of carbonyl (C=O) groups is 1. The van der Waals surface area contributed by atoms with Crippen molar-refractivity contribution in [2.24, 2.45) is 0 Å². The molecule has 19 heavy (non-hydrogen) atoms. The minimum Gasteiger partial charge on any atom is -0.481 e. The summed E-state index contributed by atoms with van der Waals surface area (Å²) in [5.41, 5.74) is 0.941.